The van der Waals surface area contributed by atoms with E-state index in [1.54, 1.807) is 0 Å². The molecular formula is C28H35O16+. The third-order valence-electron chi connectivity index (χ3n) is 7.71. The summed E-state index contributed by atoms with van der Waals surface area (Å²) in [5.41, 5.74) is 0.328. The lowest BCUT2D eigenvalue weighted by atomic mass is 9.98. The van der Waals surface area contributed by atoms with Crippen molar-refractivity contribution in [3.8, 4) is 34.5 Å². The highest BCUT2D eigenvalue weighted by Crippen LogP contribution is 2.47. The van der Waals surface area contributed by atoms with Gasteiger partial charge in [-0.1, -0.05) is 0 Å². The van der Waals surface area contributed by atoms with Crippen LogP contribution in [0.15, 0.2) is 30.0 Å². The van der Waals surface area contributed by atoms with Gasteiger partial charge in [-0.3, -0.25) is 0 Å². The van der Waals surface area contributed by atoms with Gasteiger partial charge in [-0.05, 0) is 19.1 Å². The van der Waals surface area contributed by atoms with Crippen LogP contribution in [-0.4, -0.2) is 131 Å². The molecule has 0 radical (unpaired) electrons. The van der Waals surface area contributed by atoms with E-state index >= 15 is 0 Å². The Labute approximate surface area is 249 Å². The summed E-state index contributed by atoms with van der Waals surface area (Å²) >= 11 is 0. The van der Waals surface area contributed by atoms with Crippen molar-refractivity contribution in [3.05, 3.63) is 41.2 Å². The van der Waals surface area contributed by atoms with Crippen molar-refractivity contribution < 1.29 is 79.5 Å². The van der Waals surface area contributed by atoms with E-state index in [-0.39, 0.29) is 39.9 Å². The Morgan fingerprint density at radius 1 is 0.773 bits per heavy atom. The maximum atomic E-state index is 10.8. The Morgan fingerprint density at radius 3 is 2.16 bits per heavy atom. The molecule has 2 aromatic rings. The summed E-state index contributed by atoms with van der Waals surface area (Å²) in [6.07, 6.45) is -15.1. The number of aromatic hydroxyl groups is 5. The molecule has 2 fully saturated rings. The number of methoxy groups -OCH3 is 1. The maximum Gasteiger partial charge on any atom is 0.270 e. The number of hydrogen-bond donors (Lipinski definition) is 10. The molecule has 2 saturated heterocycles. The fraction of sp³-hybridized carbons (Fsp3) is 0.500. The summed E-state index contributed by atoms with van der Waals surface area (Å²) in [7, 11) is 1.26. The van der Waals surface area contributed by atoms with Gasteiger partial charge in [0.25, 0.3) is 11.9 Å². The normalized spacial score (nSPS) is 35.3. The number of phenols is 4. The Kier molecular flexibility index (Phi) is 8.99. The largest absolute Gasteiger partial charge is 0.571 e. The average Bonchev–Trinajstić information content (AvgIpc) is 2.99. The Hall–Kier alpha value is -3.58. The molecule has 5 rings (SSSR count). The van der Waals surface area contributed by atoms with E-state index in [0.717, 1.165) is 6.07 Å². The van der Waals surface area contributed by atoms with E-state index in [0.29, 0.717) is 0 Å². The standard InChI is InChI=1S/C28H34O16/c1-9-19(32)22(35)24(37)27(41-9)40-8-18-21(34)23(36)25(38)28(44-18)43-17-7-12-13(30)5-11(29)6-15(12)42-26(17)10-3-14(31)20(33)16(4-10)39-2/h3-7,9,18-19,21-38H,8H2,1-2H3/p+1. The molecule has 11 N–H and O–H groups in total. The minimum absolute atomic E-state index is 0.0880. The lowest BCUT2D eigenvalue weighted by Gasteiger charge is -2.42. The molecule has 11 unspecified atom stereocenters. The van der Waals surface area contributed by atoms with Gasteiger partial charge in [-0.2, -0.15) is 0 Å². The molecule has 0 aromatic heterocycles. The summed E-state index contributed by atoms with van der Waals surface area (Å²) in [6, 6.07) is 4.86. The van der Waals surface area contributed by atoms with Gasteiger partial charge in [0.15, 0.2) is 23.5 Å². The molecule has 0 saturated carbocycles. The van der Waals surface area contributed by atoms with E-state index in [2.05, 4.69) is 4.74 Å². The minimum Gasteiger partial charge on any atom is -0.571 e. The van der Waals surface area contributed by atoms with Gasteiger partial charge in [0.05, 0.1) is 31.5 Å². The van der Waals surface area contributed by atoms with Crippen molar-refractivity contribution in [2.45, 2.75) is 74.4 Å². The predicted molar refractivity (Wildman–Crippen MR) is 145 cm³/mol. The van der Waals surface area contributed by atoms with E-state index in [9.17, 15) is 51.1 Å². The molecule has 3 heterocycles. The zero-order valence-electron chi connectivity index (χ0n) is 23.4. The average molecular weight is 628 g/mol. The molecule has 3 aliphatic heterocycles. The summed E-state index contributed by atoms with van der Waals surface area (Å²) in [5, 5.41) is 103. The van der Waals surface area contributed by atoms with Crippen LogP contribution >= 0.6 is 0 Å². The van der Waals surface area contributed by atoms with E-state index in [1.165, 1.54) is 38.3 Å². The van der Waals surface area contributed by atoms with Crippen LogP contribution < -0.4 is 4.74 Å². The van der Waals surface area contributed by atoms with E-state index in [1.807, 2.05) is 0 Å². The van der Waals surface area contributed by atoms with Gasteiger partial charge in [0, 0.05) is 12.1 Å². The van der Waals surface area contributed by atoms with Crippen molar-refractivity contribution in [1.82, 2.24) is 0 Å². The highest BCUT2D eigenvalue weighted by Gasteiger charge is 2.48. The zero-order valence-corrected chi connectivity index (χ0v) is 23.4. The number of hydrogen-bond acceptors (Lipinski definition) is 15. The number of rotatable bonds is 7. The molecule has 242 valence electrons. The van der Waals surface area contributed by atoms with Gasteiger partial charge in [-0.15, -0.1) is 0 Å². The van der Waals surface area contributed by atoms with Crippen molar-refractivity contribution >= 4 is 6.08 Å². The molecule has 0 aliphatic carbocycles. The first-order valence-electron chi connectivity index (χ1n) is 13.6. The highest BCUT2D eigenvalue weighted by atomic mass is 16.7. The van der Waals surface area contributed by atoms with Crippen molar-refractivity contribution in [1.29, 1.82) is 0 Å². The van der Waals surface area contributed by atoms with Crippen molar-refractivity contribution in [2.75, 3.05) is 13.7 Å². The molecule has 3 aliphatic rings. The number of phenolic OH excluding ortho intramolecular Hbond substituents is 4. The predicted octanol–water partition coefficient (Wildman–Crippen LogP) is -1.48. The summed E-state index contributed by atoms with van der Waals surface area (Å²) in [4.78, 5) is 0. The second-order valence-corrected chi connectivity index (χ2v) is 10.7. The fourth-order valence-electron chi connectivity index (χ4n) is 5.18. The first-order chi connectivity index (χ1) is 20.8. The van der Waals surface area contributed by atoms with Gasteiger partial charge < -0.3 is 79.5 Å². The fourth-order valence-corrected chi connectivity index (χ4v) is 5.18. The first kappa shape index (κ1) is 31.8. The molecular weight excluding hydrogens is 592 g/mol. The van der Waals surface area contributed by atoms with Crippen LogP contribution in [0.3, 0.4) is 0 Å². The van der Waals surface area contributed by atoms with Crippen LogP contribution in [-0.2, 0) is 18.9 Å². The van der Waals surface area contributed by atoms with Crippen LogP contribution in [0.1, 0.15) is 24.2 Å². The third-order valence-corrected chi connectivity index (χ3v) is 7.71. The maximum absolute atomic E-state index is 10.8. The van der Waals surface area contributed by atoms with Crippen LogP contribution in [0, 0.1) is 0 Å². The van der Waals surface area contributed by atoms with Crippen LogP contribution in [0.5, 0.6) is 34.5 Å². The lowest BCUT2D eigenvalue weighted by molar-refractivity contribution is -0.325. The van der Waals surface area contributed by atoms with Gasteiger partial charge in [0.2, 0.25) is 12.0 Å². The second kappa shape index (κ2) is 12.4. The quantitative estimate of drug-likeness (QED) is 0.124. The molecule has 11 atom stereocenters. The monoisotopic (exact) mass is 627 g/mol. The lowest BCUT2D eigenvalue weighted by Crippen LogP contribution is -2.61. The number of aliphatic hydroxyl groups is 7. The molecule has 16 nitrogen and oxygen atoms in total. The molecule has 0 amide bonds. The topological polar surface area (TPSA) is 261 Å². The minimum atomic E-state index is -1.83. The van der Waals surface area contributed by atoms with Crippen molar-refractivity contribution in [2.24, 2.45) is 0 Å². The molecule has 2 aromatic carbocycles. The molecule has 0 bridgehead atoms. The highest BCUT2D eigenvalue weighted by molar-refractivity contribution is 5.69. The third kappa shape index (κ3) is 5.91. The smallest absolute Gasteiger partial charge is 0.270 e. The van der Waals surface area contributed by atoms with Gasteiger partial charge >= 0.3 is 0 Å². The summed E-state index contributed by atoms with van der Waals surface area (Å²) < 4.78 is 32.2. The number of fused-ring (bicyclic) bond motifs is 1. The van der Waals surface area contributed by atoms with Crippen LogP contribution in [0.4, 0.5) is 0 Å². The number of benzene rings is 2. The summed E-state index contributed by atoms with van der Waals surface area (Å²) in [5.74, 6) is -1.81. The Balaban J connectivity index is 1.42. The van der Waals surface area contributed by atoms with E-state index in [4.69, 9.17) is 23.7 Å². The molecule has 44 heavy (non-hydrogen) atoms. The Bertz CT molecular complexity index is 1380. The zero-order chi connectivity index (χ0) is 32.0. The second-order valence-electron chi connectivity index (χ2n) is 10.7. The Morgan fingerprint density at radius 2 is 1.45 bits per heavy atom. The van der Waals surface area contributed by atoms with Crippen LogP contribution in [0.25, 0.3) is 6.08 Å². The SMILES string of the molecule is COc1cc(C2[OH+]c3cc(O)cc(O)c3C=C2OC2OC(COC3OC(C)C(O)C(O)C3O)C(O)C(O)C2O)cc(O)c1O. The summed E-state index contributed by atoms with van der Waals surface area (Å²) in [6.45, 7) is 0.924. The molecule has 0 spiro atoms. The first-order valence-corrected chi connectivity index (χ1v) is 13.6. The number of ether oxygens (including phenoxy) is 6. The van der Waals surface area contributed by atoms with Crippen molar-refractivity contribution in [3.63, 3.8) is 0 Å². The van der Waals surface area contributed by atoms with Gasteiger partial charge in [-0.25, -0.2) is 0 Å². The van der Waals surface area contributed by atoms with Gasteiger partial charge in [0.1, 0.15) is 59.8 Å². The molecule has 16 heteroatoms. The van der Waals surface area contributed by atoms with E-state index < -0.39 is 85.6 Å². The van der Waals surface area contributed by atoms with Crippen LogP contribution in [0.2, 0.25) is 0 Å². The number of aliphatic hydroxyl groups excluding tert-OH is 6.